The third-order valence-corrected chi connectivity index (χ3v) is 2.81. The monoisotopic (exact) mass is 298 g/mol. The zero-order valence-corrected chi connectivity index (χ0v) is 11.2. The van der Waals surface area contributed by atoms with E-state index in [2.05, 4.69) is 9.84 Å². The number of hydrogen-bond acceptors (Lipinski definition) is 3. The van der Waals surface area contributed by atoms with Gasteiger partial charge in [-0.25, -0.2) is 0 Å². The van der Waals surface area contributed by atoms with Gasteiger partial charge in [0.1, 0.15) is 5.75 Å². The summed E-state index contributed by atoms with van der Waals surface area (Å²) in [5, 5.41) is 4.00. The molecule has 2 aromatic rings. The first-order valence-electron chi connectivity index (χ1n) is 6.20. The standard InChI is InChI=1S/C14H13F3N2O2/c1-19-9-10(8-18-19)2-7-13(20)11-3-5-12(6-4-11)21-14(15,16)17/h3-6,8-9H,2,7H2,1H3. The number of aromatic nitrogens is 2. The molecule has 0 N–H and O–H groups in total. The number of aryl methyl sites for hydroxylation is 2. The van der Waals surface area contributed by atoms with Crippen molar-refractivity contribution in [2.24, 2.45) is 7.05 Å². The van der Waals surface area contributed by atoms with E-state index in [0.29, 0.717) is 12.0 Å². The van der Waals surface area contributed by atoms with Crippen molar-refractivity contribution in [2.75, 3.05) is 0 Å². The molecule has 112 valence electrons. The normalized spacial score (nSPS) is 11.4. The van der Waals surface area contributed by atoms with Crippen LogP contribution in [0.25, 0.3) is 0 Å². The summed E-state index contributed by atoms with van der Waals surface area (Å²) in [6.07, 6.45) is -0.439. The summed E-state index contributed by atoms with van der Waals surface area (Å²) in [4.78, 5) is 11.9. The highest BCUT2D eigenvalue weighted by Gasteiger charge is 2.31. The lowest BCUT2D eigenvalue weighted by Gasteiger charge is -2.08. The van der Waals surface area contributed by atoms with Crippen LogP contribution in [0, 0.1) is 0 Å². The third kappa shape index (κ3) is 4.62. The van der Waals surface area contributed by atoms with Gasteiger partial charge in [0, 0.05) is 25.2 Å². The Labute approximate surface area is 119 Å². The summed E-state index contributed by atoms with van der Waals surface area (Å²) in [6.45, 7) is 0. The summed E-state index contributed by atoms with van der Waals surface area (Å²) in [6, 6.07) is 4.91. The van der Waals surface area contributed by atoms with Crippen molar-refractivity contribution in [1.29, 1.82) is 0 Å². The molecule has 0 aliphatic heterocycles. The van der Waals surface area contributed by atoms with Gasteiger partial charge in [0.25, 0.3) is 0 Å². The van der Waals surface area contributed by atoms with Crippen LogP contribution in [0.1, 0.15) is 22.3 Å². The van der Waals surface area contributed by atoms with Crippen molar-refractivity contribution in [3.63, 3.8) is 0 Å². The van der Waals surface area contributed by atoms with E-state index in [9.17, 15) is 18.0 Å². The molecular formula is C14H13F3N2O2. The molecule has 1 aromatic carbocycles. The van der Waals surface area contributed by atoms with E-state index in [1.54, 1.807) is 17.9 Å². The molecule has 0 amide bonds. The molecule has 1 aromatic heterocycles. The number of benzene rings is 1. The first-order valence-corrected chi connectivity index (χ1v) is 6.20. The lowest BCUT2D eigenvalue weighted by molar-refractivity contribution is -0.274. The van der Waals surface area contributed by atoms with Crippen molar-refractivity contribution in [1.82, 2.24) is 9.78 Å². The number of ketones is 1. The maximum Gasteiger partial charge on any atom is 0.573 e. The number of carbonyl (C=O) groups is 1. The molecule has 0 saturated heterocycles. The van der Waals surface area contributed by atoms with Gasteiger partial charge in [-0.15, -0.1) is 13.2 Å². The van der Waals surface area contributed by atoms with Gasteiger partial charge in [0.2, 0.25) is 0 Å². The van der Waals surface area contributed by atoms with Crippen molar-refractivity contribution in [2.45, 2.75) is 19.2 Å². The number of carbonyl (C=O) groups excluding carboxylic acids is 1. The predicted molar refractivity (Wildman–Crippen MR) is 69.0 cm³/mol. The molecule has 7 heteroatoms. The Bertz CT molecular complexity index is 618. The minimum absolute atomic E-state index is 0.141. The number of nitrogens with zero attached hydrogens (tertiary/aromatic N) is 2. The molecule has 0 bridgehead atoms. The fraction of sp³-hybridized carbons (Fsp3) is 0.286. The molecule has 0 unspecified atom stereocenters. The predicted octanol–water partition coefficient (Wildman–Crippen LogP) is 3.13. The minimum atomic E-state index is -4.73. The lowest BCUT2D eigenvalue weighted by Crippen LogP contribution is -2.17. The van der Waals surface area contributed by atoms with E-state index in [1.807, 2.05) is 6.20 Å². The molecule has 0 aliphatic carbocycles. The molecular weight excluding hydrogens is 285 g/mol. The first-order chi connectivity index (χ1) is 9.83. The smallest absolute Gasteiger partial charge is 0.406 e. The second kappa shape index (κ2) is 5.99. The number of ether oxygens (including phenoxy) is 1. The average Bonchev–Trinajstić information content (AvgIpc) is 2.81. The SMILES string of the molecule is Cn1cc(CCC(=O)c2ccc(OC(F)(F)F)cc2)cn1. The number of alkyl halides is 3. The third-order valence-electron chi connectivity index (χ3n) is 2.81. The van der Waals surface area contributed by atoms with Crippen LogP contribution in [-0.2, 0) is 13.5 Å². The molecule has 2 rings (SSSR count). The van der Waals surface area contributed by atoms with Crippen molar-refractivity contribution >= 4 is 5.78 Å². The fourth-order valence-corrected chi connectivity index (χ4v) is 1.85. The van der Waals surface area contributed by atoms with Gasteiger partial charge < -0.3 is 4.74 Å². The van der Waals surface area contributed by atoms with E-state index in [0.717, 1.165) is 17.7 Å². The molecule has 1 heterocycles. The number of rotatable bonds is 5. The molecule has 0 atom stereocenters. The molecule has 0 aliphatic rings. The summed E-state index contributed by atoms with van der Waals surface area (Å²) >= 11 is 0. The van der Waals surface area contributed by atoms with E-state index < -0.39 is 6.36 Å². The Morgan fingerprint density at radius 3 is 2.48 bits per heavy atom. The average molecular weight is 298 g/mol. The summed E-state index contributed by atoms with van der Waals surface area (Å²) in [5.74, 6) is -0.483. The van der Waals surface area contributed by atoms with Crippen LogP contribution in [0.5, 0.6) is 5.75 Å². The maximum atomic E-state index is 12.0. The minimum Gasteiger partial charge on any atom is -0.406 e. The first kappa shape index (κ1) is 15.1. The summed E-state index contributed by atoms with van der Waals surface area (Å²) in [7, 11) is 1.78. The van der Waals surface area contributed by atoms with Gasteiger partial charge in [-0.1, -0.05) is 0 Å². The molecule has 4 nitrogen and oxygen atoms in total. The topological polar surface area (TPSA) is 44.1 Å². The molecule has 0 fully saturated rings. The summed E-state index contributed by atoms with van der Waals surface area (Å²) in [5.41, 5.74) is 1.29. The highest BCUT2D eigenvalue weighted by Crippen LogP contribution is 2.23. The van der Waals surface area contributed by atoms with Crippen LogP contribution in [0.15, 0.2) is 36.7 Å². The van der Waals surface area contributed by atoms with Crippen molar-refractivity contribution in [3.8, 4) is 5.75 Å². The van der Waals surface area contributed by atoms with E-state index in [1.165, 1.54) is 12.1 Å². The van der Waals surface area contributed by atoms with Crippen LogP contribution in [-0.4, -0.2) is 21.9 Å². The van der Waals surface area contributed by atoms with Crippen LogP contribution in [0.3, 0.4) is 0 Å². The van der Waals surface area contributed by atoms with Crippen LogP contribution >= 0.6 is 0 Å². The zero-order chi connectivity index (χ0) is 15.5. The Hall–Kier alpha value is -2.31. The Morgan fingerprint density at radius 2 is 1.95 bits per heavy atom. The van der Waals surface area contributed by atoms with Crippen molar-refractivity contribution in [3.05, 3.63) is 47.8 Å². The van der Waals surface area contributed by atoms with Gasteiger partial charge in [0.05, 0.1) is 6.20 Å². The Morgan fingerprint density at radius 1 is 1.29 bits per heavy atom. The van der Waals surface area contributed by atoms with Gasteiger partial charge in [-0.2, -0.15) is 5.10 Å². The quantitative estimate of drug-likeness (QED) is 0.797. The second-order valence-electron chi connectivity index (χ2n) is 4.52. The summed E-state index contributed by atoms with van der Waals surface area (Å²) < 4.78 is 41.4. The van der Waals surface area contributed by atoms with Crippen LogP contribution in [0.2, 0.25) is 0 Å². The highest BCUT2D eigenvalue weighted by molar-refractivity contribution is 5.96. The van der Waals surface area contributed by atoms with Gasteiger partial charge in [0.15, 0.2) is 5.78 Å². The molecule has 0 saturated carbocycles. The van der Waals surface area contributed by atoms with E-state index in [-0.39, 0.29) is 18.0 Å². The van der Waals surface area contributed by atoms with E-state index in [4.69, 9.17) is 0 Å². The highest BCUT2D eigenvalue weighted by atomic mass is 19.4. The number of Topliss-reactive ketones (excluding diaryl/α,β-unsaturated/α-hetero) is 1. The lowest BCUT2D eigenvalue weighted by atomic mass is 10.0. The Kier molecular flexibility index (Phi) is 4.30. The molecule has 0 spiro atoms. The number of halogens is 3. The van der Waals surface area contributed by atoms with Crippen LogP contribution in [0.4, 0.5) is 13.2 Å². The maximum absolute atomic E-state index is 12.0. The molecule has 21 heavy (non-hydrogen) atoms. The van der Waals surface area contributed by atoms with Gasteiger partial charge in [-0.3, -0.25) is 9.48 Å². The van der Waals surface area contributed by atoms with Gasteiger partial charge >= 0.3 is 6.36 Å². The zero-order valence-electron chi connectivity index (χ0n) is 11.2. The van der Waals surface area contributed by atoms with E-state index >= 15 is 0 Å². The van der Waals surface area contributed by atoms with Crippen molar-refractivity contribution < 1.29 is 22.7 Å². The molecule has 0 radical (unpaired) electrons. The van der Waals surface area contributed by atoms with Crippen LogP contribution < -0.4 is 4.74 Å². The Balaban J connectivity index is 1.93. The van der Waals surface area contributed by atoms with Gasteiger partial charge in [-0.05, 0) is 36.2 Å². The number of hydrogen-bond donors (Lipinski definition) is 0. The second-order valence-corrected chi connectivity index (χ2v) is 4.52. The largest absolute Gasteiger partial charge is 0.573 e. The fourth-order valence-electron chi connectivity index (χ4n) is 1.85.